The Kier molecular flexibility index (Phi) is 4.53. The standard InChI is InChI=1S/C21H22N8/c1-15-12-25-21(27-20(15)17-14-24-19-4-2-3-9-29(17)19)26-16-5-6-18(23-13-16)28-10-7-22-8-11-28/h2-6,9,12-14,22H,7-8,10-11H2,1H3,(H,25,26,27). The summed E-state index contributed by atoms with van der Waals surface area (Å²) in [4.78, 5) is 20.5. The van der Waals surface area contributed by atoms with Crippen molar-refractivity contribution >= 4 is 23.1 Å². The van der Waals surface area contributed by atoms with E-state index in [1.807, 2.05) is 66.4 Å². The van der Waals surface area contributed by atoms with Crippen molar-refractivity contribution < 1.29 is 0 Å². The highest BCUT2D eigenvalue weighted by Crippen LogP contribution is 2.24. The van der Waals surface area contributed by atoms with Gasteiger partial charge in [-0.3, -0.25) is 4.40 Å². The predicted molar refractivity (Wildman–Crippen MR) is 114 cm³/mol. The van der Waals surface area contributed by atoms with Crippen molar-refractivity contribution in [2.45, 2.75) is 6.92 Å². The van der Waals surface area contributed by atoms with Crippen molar-refractivity contribution in [2.24, 2.45) is 0 Å². The number of nitrogens with zero attached hydrogens (tertiary/aromatic N) is 6. The van der Waals surface area contributed by atoms with E-state index in [1.165, 1.54) is 0 Å². The molecule has 0 atom stereocenters. The third kappa shape index (κ3) is 3.50. The van der Waals surface area contributed by atoms with Crippen LogP contribution < -0.4 is 15.5 Å². The van der Waals surface area contributed by atoms with Crippen molar-refractivity contribution in [3.63, 3.8) is 0 Å². The van der Waals surface area contributed by atoms with Crippen LogP contribution in [0.1, 0.15) is 5.56 Å². The number of hydrogen-bond acceptors (Lipinski definition) is 7. The van der Waals surface area contributed by atoms with Gasteiger partial charge >= 0.3 is 0 Å². The lowest BCUT2D eigenvalue weighted by atomic mass is 10.2. The zero-order chi connectivity index (χ0) is 19.6. The van der Waals surface area contributed by atoms with E-state index in [0.29, 0.717) is 5.95 Å². The highest BCUT2D eigenvalue weighted by Gasteiger charge is 2.13. The van der Waals surface area contributed by atoms with Crippen LogP contribution >= 0.6 is 0 Å². The van der Waals surface area contributed by atoms with E-state index in [2.05, 4.69) is 30.5 Å². The summed E-state index contributed by atoms with van der Waals surface area (Å²) in [5.74, 6) is 1.53. The van der Waals surface area contributed by atoms with Crippen LogP contribution in [0.3, 0.4) is 0 Å². The minimum absolute atomic E-state index is 0.535. The molecule has 1 aliphatic heterocycles. The molecule has 0 spiro atoms. The molecule has 4 aromatic heterocycles. The molecule has 0 aromatic carbocycles. The van der Waals surface area contributed by atoms with Gasteiger partial charge < -0.3 is 15.5 Å². The lowest BCUT2D eigenvalue weighted by molar-refractivity contribution is 0.585. The molecule has 146 valence electrons. The number of imidazole rings is 1. The summed E-state index contributed by atoms with van der Waals surface area (Å²) in [5, 5.41) is 6.62. The molecule has 0 radical (unpaired) electrons. The monoisotopic (exact) mass is 386 g/mol. The van der Waals surface area contributed by atoms with Gasteiger partial charge in [-0.2, -0.15) is 0 Å². The second-order valence-electron chi connectivity index (χ2n) is 7.06. The Morgan fingerprint density at radius 1 is 0.966 bits per heavy atom. The molecule has 0 amide bonds. The highest BCUT2D eigenvalue weighted by molar-refractivity contribution is 5.65. The van der Waals surface area contributed by atoms with Gasteiger partial charge in [-0.05, 0) is 36.8 Å². The zero-order valence-corrected chi connectivity index (χ0v) is 16.2. The average Bonchev–Trinajstić information content (AvgIpc) is 3.20. The lowest BCUT2D eigenvalue weighted by Gasteiger charge is -2.28. The van der Waals surface area contributed by atoms with Gasteiger partial charge in [-0.25, -0.2) is 19.9 Å². The van der Waals surface area contributed by atoms with Gasteiger partial charge in [0.1, 0.15) is 11.5 Å². The molecule has 1 aliphatic rings. The largest absolute Gasteiger partial charge is 0.354 e. The molecule has 4 aromatic rings. The Morgan fingerprint density at radius 2 is 1.86 bits per heavy atom. The van der Waals surface area contributed by atoms with Crippen molar-refractivity contribution in [1.29, 1.82) is 0 Å². The van der Waals surface area contributed by atoms with Gasteiger partial charge in [0.15, 0.2) is 0 Å². The van der Waals surface area contributed by atoms with E-state index in [-0.39, 0.29) is 0 Å². The Balaban J connectivity index is 1.40. The molecule has 8 heteroatoms. The molecule has 29 heavy (non-hydrogen) atoms. The van der Waals surface area contributed by atoms with Gasteiger partial charge in [0, 0.05) is 38.6 Å². The maximum atomic E-state index is 4.74. The first-order valence-corrected chi connectivity index (χ1v) is 9.73. The number of rotatable bonds is 4. The van der Waals surface area contributed by atoms with Crippen LogP contribution in [0.25, 0.3) is 17.0 Å². The van der Waals surface area contributed by atoms with Crippen molar-refractivity contribution in [2.75, 3.05) is 36.4 Å². The number of aromatic nitrogens is 5. The van der Waals surface area contributed by atoms with E-state index in [0.717, 1.165) is 60.3 Å². The summed E-state index contributed by atoms with van der Waals surface area (Å²) >= 11 is 0. The van der Waals surface area contributed by atoms with Crippen molar-refractivity contribution in [3.8, 4) is 11.4 Å². The first kappa shape index (κ1) is 17.6. The highest BCUT2D eigenvalue weighted by atomic mass is 15.2. The van der Waals surface area contributed by atoms with Gasteiger partial charge in [-0.1, -0.05) is 6.07 Å². The van der Waals surface area contributed by atoms with Crippen LogP contribution in [-0.4, -0.2) is 50.5 Å². The van der Waals surface area contributed by atoms with Gasteiger partial charge in [0.25, 0.3) is 0 Å². The maximum Gasteiger partial charge on any atom is 0.227 e. The minimum Gasteiger partial charge on any atom is -0.354 e. The second-order valence-corrected chi connectivity index (χ2v) is 7.06. The van der Waals surface area contributed by atoms with E-state index in [1.54, 1.807) is 0 Å². The number of nitrogens with one attached hydrogen (secondary N) is 2. The molecule has 0 unspecified atom stereocenters. The first-order chi connectivity index (χ1) is 14.3. The number of aryl methyl sites for hydroxylation is 1. The average molecular weight is 386 g/mol. The molecule has 5 heterocycles. The topological polar surface area (TPSA) is 83.3 Å². The number of pyridine rings is 2. The normalized spacial score (nSPS) is 14.3. The molecule has 8 nitrogen and oxygen atoms in total. The summed E-state index contributed by atoms with van der Waals surface area (Å²) in [6.45, 7) is 5.94. The first-order valence-electron chi connectivity index (χ1n) is 9.73. The summed E-state index contributed by atoms with van der Waals surface area (Å²) in [6, 6.07) is 9.99. The third-order valence-electron chi connectivity index (χ3n) is 5.08. The van der Waals surface area contributed by atoms with Crippen molar-refractivity contribution in [1.82, 2.24) is 29.7 Å². The Hall–Kier alpha value is -3.52. The van der Waals surface area contributed by atoms with E-state index in [4.69, 9.17) is 4.98 Å². The van der Waals surface area contributed by atoms with Crippen LogP contribution in [0.4, 0.5) is 17.5 Å². The van der Waals surface area contributed by atoms with E-state index < -0.39 is 0 Å². The number of piperazine rings is 1. The summed E-state index contributed by atoms with van der Waals surface area (Å²) in [5.41, 5.74) is 4.54. The lowest BCUT2D eigenvalue weighted by Crippen LogP contribution is -2.43. The molecule has 5 rings (SSSR count). The fourth-order valence-electron chi connectivity index (χ4n) is 3.54. The Morgan fingerprint density at radius 3 is 2.69 bits per heavy atom. The summed E-state index contributed by atoms with van der Waals surface area (Å²) < 4.78 is 2.03. The van der Waals surface area contributed by atoms with Crippen molar-refractivity contribution in [3.05, 3.63) is 60.7 Å². The smallest absolute Gasteiger partial charge is 0.227 e. The van der Waals surface area contributed by atoms with Crippen LogP contribution in [0.15, 0.2) is 55.1 Å². The molecule has 0 aliphatic carbocycles. The van der Waals surface area contributed by atoms with Gasteiger partial charge in [0.05, 0.1) is 29.5 Å². The molecular formula is C21H22N8. The molecule has 1 fully saturated rings. The van der Waals surface area contributed by atoms with Gasteiger partial charge in [-0.15, -0.1) is 0 Å². The molecule has 0 bridgehead atoms. The zero-order valence-electron chi connectivity index (χ0n) is 16.2. The fourth-order valence-corrected chi connectivity index (χ4v) is 3.54. The second kappa shape index (κ2) is 7.48. The maximum absolute atomic E-state index is 4.74. The fraction of sp³-hybridized carbons (Fsp3) is 0.238. The van der Waals surface area contributed by atoms with Crippen LogP contribution in [-0.2, 0) is 0 Å². The minimum atomic E-state index is 0.535. The summed E-state index contributed by atoms with van der Waals surface area (Å²) in [6.07, 6.45) is 7.49. The predicted octanol–water partition coefficient (Wildman–Crippen LogP) is 2.65. The van der Waals surface area contributed by atoms with E-state index >= 15 is 0 Å². The Labute approximate surface area is 168 Å². The SMILES string of the molecule is Cc1cnc(Nc2ccc(N3CCNCC3)nc2)nc1-c1cnc2ccccn12. The number of hydrogen-bond donors (Lipinski definition) is 2. The van der Waals surface area contributed by atoms with E-state index in [9.17, 15) is 0 Å². The molecule has 1 saturated heterocycles. The molecular weight excluding hydrogens is 364 g/mol. The van der Waals surface area contributed by atoms with Crippen LogP contribution in [0.5, 0.6) is 0 Å². The Bertz CT molecular complexity index is 1130. The molecule has 2 N–H and O–H groups in total. The number of anilines is 3. The quantitative estimate of drug-likeness (QED) is 0.558. The molecule has 0 saturated carbocycles. The number of fused-ring (bicyclic) bond motifs is 1. The van der Waals surface area contributed by atoms with Crippen LogP contribution in [0, 0.1) is 6.92 Å². The third-order valence-corrected chi connectivity index (χ3v) is 5.08. The summed E-state index contributed by atoms with van der Waals surface area (Å²) in [7, 11) is 0. The van der Waals surface area contributed by atoms with Gasteiger partial charge in [0.2, 0.25) is 5.95 Å². The van der Waals surface area contributed by atoms with Crippen LogP contribution in [0.2, 0.25) is 0 Å².